The molecule has 0 aliphatic heterocycles. The van der Waals surface area contributed by atoms with E-state index in [1.54, 1.807) is 18.2 Å². The second-order valence-electron chi connectivity index (χ2n) is 5.56. The van der Waals surface area contributed by atoms with Gasteiger partial charge in [0.2, 0.25) is 5.91 Å². The van der Waals surface area contributed by atoms with Crippen molar-refractivity contribution in [1.82, 2.24) is 4.57 Å². The van der Waals surface area contributed by atoms with Crippen molar-refractivity contribution in [2.24, 2.45) is 0 Å². The number of methoxy groups -OCH3 is 2. The molecule has 3 aromatic rings. The molecule has 7 heteroatoms. The van der Waals surface area contributed by atoms with Crippen molar-refractivity contribution in [3.05, 3.63) is 64.7 Å². The first-order chi connectivity index (χ1) is 12.5. The van der Waals surface area contributed by atoms with Crippen molar-refractivity contribution >= 4 is 22.5 Å². The maximum atomic E-state index is 14.2. The van der Waals surface area contributed by atoms with Crippen molar-refractivity contribution in [2.45, 2.75) is 6.54 Å². The summed E-state index contributed by atoms with van der Waals surface area (Å²) in [4.78, 5) is 24.4. The van der Waals surface area contributed by atoms with Crippen LogP contribution in [0.3, 0.4) is 0 Å². The fourth-order valence-corrected chi connectivity index (χ4v) is 2.72. The normalized spacial score (nSPS) is 10.6. The maximum absolute atomic E-state index is 14.2. The fraction of sp³-hybridized carbons (Fsp3) is 0.158. The molecule has 0 saturated carbocycles. The molecule has 0 saturated heterocycles. The van der Waals surface area contributed by atoms with E-state index < -0.39 is 11.7 Å². The minimum atomic E-state index is -0.563. The topological polar surface area (TPSA) is 69.6 Å². The lowest BCUT2D eigenvalue weighted by molar-refractivity contribution is -0.116. The molecule has 0 radical (unpaired) electrons. The number of carbonyl (C=O) groups excluding carboxylic acids is 1. The summed E-state index contributed by atoms with van der Waals surface area (Å²) in [5.74, 6) is 0.0627. The van der Waals surface area contributed by atoms with Crippen LogP contribution in [0.1, 0.15) is 0 Å². The monoisotopic (exact) mass is 356 g/mol. The molecule has 0 bridgehead atoms. The molecule has 1 amide bonds. The second-order valence-corrected chi connectivity index (χ2v) is 5.56. The Hall–Kier alpha value is -3.35. The first-order valence-electron chi connectivity index (χ1n) is 7.83. The number of hydrogen-bond acceptors (Lipinski definition) is 4. The number of pyridine rings is 1. The van der Waals surface area contributed by atoms with Crippen LogP contribution in [-0.2, 0) is 11.3 Å². The van der Waals surface area contributed by atoms with Gasteiger partial charge < -0.3 is 19.4 Å². The van der Waals surface area contributed by atoms with Crippen LogP contribution in [0, 0.1) is 5.82 Å². The number of ether oxygens (including phenoxy) is 2. The van der Waals surface area contributed by atoms with Crippen LogP contribution < -0.4 is 20.2 Å². The SMILES string of the molecule is COc1ccc(OC)c(NC(=O)Cn2ccc(=O)c3cccc(F)c32)c1. The molecule has 134 valence electrons. The largest absolute Gasteiger partial charge is 0.497 e. The molecule has 0 fully saturated rings. The molecule has 0 unspecified atom stereocenters. The summed E-state index contributed by atoms with van der Waals surface area (Å²) in [5, 5.41) is 2.94. The first kappa shape index (κ1) is 17.5. The van der Waals surface area contributed by atoms with Crippen molar-refractivity contribution in [2.75, 3.05) is 19.5 Å². The highest BCUT2D eigenvalue weighted by Gasteiger charge is 2.13. The molecule has 0 spiro atoms. The van der Waals surface area contributed by atoms with Gasteiger partial charge in [-0.05, 0) is 24.3 Å². The molecule has 26 heavy (non-hydrogen) atoms. The molecule has 0 aliphatic rings. The minimum absolute atomic E-state index is 0.0905. The summed E-state index contributed by atoms with van der Waals surface area (Å²) in [6.07, 6.45) is 1.40. The van der Waals surface area contributed by atoms with Crippen LogP contribution >= 0.6 is 0 Å². The molecule has 1 aromatic heterocycles. The molecule has 1 N–H and O–H groups in total. The molecule has 3 rings (SSSR count). The van der Waals surface area contributed by atoms with Crippen LogP contribution in [-0.4, -0.2) is 24.7 Å². The average Bonchev–Trinajstić information content (AvgIpc) is 2.64. The predicted molar refractivity (Wildman–Crippen MR) is 96.3 cm³/mol. The fourth-order valence-electron chi connectivity index (χ4n) is 2.72. The number of hydrogen-bond donors (Lipinski definition) is 1. The van der Waals surface area contributed by atoms with Gasteiger partial charge in [0.1, 0.15) is 23.9 Å². The third-order valence-electron chi connectivity index (χ3n) is 3.94. The Bertz CT molecular complexity index is 1030. The van der Waals surface area contributed by atoms with E-state index in [9.17, 15) is 14.0 Å². The summed E-state index contributed by atoms with van der Waals surface area (Å²) >= 11 is 0. The van der Waals surface area contributed by atoms with Gasteiger partial charge in [-0.1, -0.05) is 6.07 Å². The number of fused-ring (bicyclic) bond motifs is 1. The Labute approximate surface area is 148 Å². The zero-order valence-electron chi connectivity index (χ0n) is 14.3. The number of aromatic nitrogens is 1. The zero-order chi connectivity index (χ0) is 18.7. The van der Waals surface area contributed by atoms with Gasteiger partial charge in [0.05, 0.1) is 25.4 Å². The van der Waals surface area contributed by atoms with Gasteiger partial charge in [0, 0.05) is 23.7 Å². The van der Waals surface area contributed by atoms with E-state index in [0.29, 0.717) is 17.2 Å². The highest BCUT2D eigenvalue weighted by molar-refractivity contribution is 5.93. The number of para-hydroxylation sites is 1. The summed E-state index contributed by atoms with van der Waals surface area (Å²) in [6.45, 7) is -0.169. The van der Waals surface area contributed by atoms with E-state index in [-0.39, 0.29) is 22.9 Å². The van der Waals surface area contributed by atoms with Crippen molar-refractivity contribution in [1.29, 1.82) is 0 Å². The smallest absolute Gasteiger partial charge is 0.244 e. The number of nitrogens with one attached hydrogen (secondary N) is 1. The summed E-state index contributed by atoms with van der Waals surface area (Å²) in [5.41, 5.74) is 0.223. The molecule has 2 aromatic carbocycles. The Balaban J connectivity index is 1.91. The lowest BCUT2D eigenvalue weighted by Crippen LogP contribution is -2.21. The third-order valence-corrected chi connectivity index (χ3v) is 3.94. The molecule has 0 atom stereocenters. The van der Waals surface area contributed by atoms with E-state index in [4.69, 9.17) is 9.47 Å². The van der Waals surface area contributed by atoms with Crippen molar-refractivity contribution < 1.29 is 18.7 Å². The average molecular weight is 356 g/mol. The quantitative estimate of drug-likeness (QED) is 0.763. The van der Waals surface area contributed by atoms with Gasteiger partial charge in [-0.25, -0.2) is 4.39 Å². The predicted octanol–water partition coefficient (Wildman–Crippen LogP) is 2.80. The van der Waals surface area contributed by atoms with Gasteiger partial charge in [-0.15, -0.1) is 0 Å². The van der Waals surface area contributed by atoms with Gasteiger partial charge >= 0.3 is 0 Å². The van der Waals surface area contributed by atoms with Gasteiger partial charge in [-0.3, -0.25) is 9.59 Å². The Morgan fingerprint density at radius 1 is 1.15 bits per heavy atom. The van der Waals surface area contributed by atoms with E-state index in [1.807, 2.05) is 0 Å². The molecule has 1 heterocycles. The van der Waals surface area contributed by atoms with Crippen LogP contribution in [0.5, 0.6) is 11.5 Å². The van der Waals surface area contributed by atoms with Crippen LogP contribution in [0.25, 0.3) is 10.9 Å². The van der Waals surface area contributed by atoms with Gasteiger partial charge in [-0.2, -0.15) is 0 Å². The minimum Gasteiger partial charge on any atom is -0.497 e. The summed E-state index contributed by atoms with van der Waals surface area (Å²) in [7, 11) is 3.00. The lowest BCUT2D eigenvalue weighted by Gasteiger charge is -2.14. The molecule has 0 aliphatic carbocycles. The van der Waals surface area contributed by atoms with E-state index in [0.717, 1.165) is 0 Å². The highest BCUT2D eigenvalue weighted by Crippen LogP contribution is 2.29. The maximum Gasteiger partial charge on any atom is 0.244 e. The molecular formula is C19H17FN2O4. The summed E-state index contributed by atoms with van der Waals surface area (Å²) in [6, 6.07) is 10.6. The van der Waals surface area contributed by atoms with E-state index >= 15 is 0 Å². The zero-order valence-corrected chi connectivity index (χ0v) is 14.3. The van der Waals surface area contributed by atoms with E-state index in [1.165, 1.54) is 49.2 Å². The summed E-state index contributed by atoms with van der Waals surface area (Å²) < 4.78 is 26.0. The molecule has 6 nitrogen and oxygen atoms in total. The number of anilines is 1. The number of benzene rings is 2. The first-order valence-corrected chi connectivity index (χ1v) is 7.83. The number of amides is 1. The number of halogens is 1. The third kappa shape index (κ3) is 3.37. The van der Waals surface area contributed by atoms with Crippen LogP contribution in [0.2, 0.25) is 0 Å². The van der Waals surface area contributed by atoms with Crippen molar-refractivity contribution in [3.8, 4) is 11.5 Å². The van der Waals surface area contributed by atoms with Crippen LogP contribution in [0.4, 0.5) is 10.1 Å². The number of carbonyl (C=O) groups is 1. The Morgan fingerprint density at radius 2 is 1.96 bits per heavy atom. The molecular weight excluding hydrogens is 339 g/mol. The van der Waals surface area contributed by atoms with Gasteiger partial charge in [0.25, 0.3) is 0 Å². The second kappa shape index (κ2) is 7.26. The van der Waals surface area contributed by atoms with Gasteiger partial charge in [0.15, 0.2) is 5.43 Å². The lowest BCUT2D eigenvalue weighted by atomic mass is 10.2. The van der Waals surface area contributed by atoms with E-state index in [2.05, 4.69) is 5.32 Å². The Kier molecular flexibility index (Phi) is 4.88. The van der Waals surface area contributed by atoms with Crippen LogP contribution in [0.15, 0.2) is 53.5 Å². The number of nitrogens with zero attached hydrogens (tertiary/aromatic N) is 1. The highest BCUT2D eigenvalue weighted by atomic mass is 19.1. The standard InChI is InChI=1S/C19H17FN2O4/c1-25-12-6-7-17(26-2)15(10-12)21-18(24)11-22-9-8-16(23)13-4-3-5-14(20)19(13)22/h3-10H,11H2,1-2H3,(H,21,24). The Morgan fingerprint density at radius 3 is 2.69 bits per heavy atom. The van der Waals surface area contributed by atoms with Crippen molar-refractivity contribution in [3.63, 3.8) is 0 Å². The number of rotatable bonds is 5.